The van der Waals surface area contributed by atoms with Crippen molar-refractivity contribution >= 4 is 28.2 Å². The third-order valence-electron chi connectivity index (χ3n) is 9.11. The van der Waals surface area contributed by atoms with Gasteiger partial charge in [0.15, 0.2) is 5.13 Å². The van der Waals surface area contributed by atoms with Crippen LogP contribution < -0.4 is 15.0 Å². The fraction of sp³-hybridized carbons (Fsp3) is 0.562. The molecule has 1 amide bonds. The summed E-state index contributed by atoms with van der Waals surface area (Å²) in [6.07, 6.45) is 6.46. The fourth-order valence-corrected chi connectivity index (χ4v) is 7.25. The number of aromatic nitrogens is 3. The first-order valence-corrected chi connectivity index (χ1v) is 16.6. The number of nitrogens with zero attached hydrogens (tertiary/aromatic N) is 6. The number of nitrogens with one attached hydrogen (secondary N) is 1. The van der Waals surface area contributed by atoms with Crippen LogP contribution in [0, 0.1) is 0 Å². The molecule has 11 heteroatoms. The van der Waals surface area contributed by atoms with Gasteiger partial charge in [-0.1, -0.05) is 38.1 Å². The van der Waals surface area contributed by atoms with Crippen LogP contribution in [0.15, 0.2) is 41.9 Å². The predicted molar refractivity (Wildman–Crippen MR) is 169 cm³/mol. The first kappa shape index (κ1) is 29.8. The molecule has 2 atom stereocenters. The van der Waals surface area contributed by atoms with Crippen molar-refractivity contribution in [2.45, 2.75) is 83.2 Å². The summed E-state index contributed by atoms with van der Waals surface area (Å²) < 4.78 is 6.13. The van der Waals surface area contributed by atoms with Gasteiger partial charge >= 0.3 is 6.01 Å². The SMILES string of the molecule is CCC(CC)Oc1nc(NC2CCN(c3nccs3)CC2)cc(C(=O)N2CC[C@@H](N3CCc4ccccc4C3)[C@H](O)C2)n1. The number of likely N-dealkylation sites (tertiary alicyclic amines) is 1. The molecule has 2 aromatic heterocycles. The number of hydrogen-bond donors (Lipinski definition) is 2. The van der Waals surface area contributed by atoms with Crippen molar-refractivity contribution in [3.05, 3.63) is 58.7 Å². The van der Waals surface area contributed by atoms with Crippen LogP contribution in [0.25, 0.3) is 0 Å². The van der Waals surface area contributed by atoms with E-state index >= 15 is 0 Å². The molecule has 3 aliphatic heterocycles. The molecule has 0 spiro atoms. The van der Waals surface area contributed by atoms with Crippen molar-refractivity contribution in [1.29, 1.82) is 0 Å². The molecular formula is C32H43N7O3S. The molecule has 3 aliphatic rings. The van der Waals surface area contributed by atoms with Gasteiger partial charge in [-0.2, -0.15) is 9.97 Å². The number of anilines is 2. The third kappa shape index (κ3) is 6.94. The minimum atomic E-state index is -0.620. The molecule has 6 rings (SSSR count). The fourth-order valence-electron chi connectivity index (χ4n) is 6.55. The second-order valence-electron chi connectivity index (χ2n) is 11.9. The van der Waals surface area contributed by atoms with Gasteiger partial charge in [0.25, 0.3) is 5.91 Å². The van der Waals surface area contributed by atoms with Gasteiger partial charge in [0.2, 0.25) is 0 Å². The Morgan fingerprint density at radius 3 is 2.60 bits per heavy atom. The maximum absolute atomic E-state index is 13.8. The smallest absolute Gasteiger partial charge is 0.319 e. The van der Waals surface area contributed by atoms with Crippen LogP contribution in [0.4, 0.5) is 10.9 Å². The molecule has 0 saturated carbocycles. The Morgan fingerprint density at radius 2 is 1.88 bits per heavy atom. The van der Waals surface area contributed by atoms with Crippen molar-refractivity contribution in [2.75, 3.05) is 42.9 Å². The molecule has 2 saturated heterocycles. The molecule has 2 fully saturated rings. The van der Waals surface area contributed by atoms with Gasteiger partial charge in [-0.05, 0) is 49.7 Å². The zero-order valence-corrected chi connectivity index (χ0v) is 26.0. The summed E-state index contributed by atoms with van der Waals surface area (Å²) in [5, 5.41) is 17.8. The zero-order chi connectivity index (χ0) is 29.8. The number of hydrogen-bond acceptors (Lipinski definition) is 10. The minimum absolute atomic E-state index is 0.0213. The molecule has 10 nitrogen and oxygen atoms in total. The molecule has 2 N–H and O–H groups in total. The number of thiazole rings is 1. The van der Waals surface area contributed by atoms with Crippen LogP contribution in [-0.2, 0) is 13.0 Å². The van der Waals surface area contributed by atoms with E-state index in [0.29, 0.717) is 18.1 Å². The van der Waals surface area contributed by atoms with E-state index in [1.54, 1.807) is 22.3 Å². The minimum Gasteiger partial charge on any atom is -0.460 e. The average molecular weight is 606 g/mol. The van der Waals surface area contributed by atoms with Crippen LogP contribution >= 0.6 is 11.3 Å². The van der Waals surface area contributed by atoms with E-state index in [-0.39, 0.29) is 36.7 Å². The van der Waals surface area contributed by atoms with E-state index in [2.05, 4.69) is 68.2 Å². The highest BCUT2D eigenvalue weighted by Gasteiger charge is 2.36. The number of carbonyl (C=O) groups excluding carboxylic acids is 1. The van der Waals surface area contributed by atoms with Gasteiger partial charge in [-0.3, -0.25) is 9.69 Å². The summed E-state index contributed by atoms with van der Waals surface area (Å²) in [5.74, 6) is 0.411. The van der Waals surface area contributed by atoms with Gasteiger partial charge < -0.3 is 25.0 Å². The molecule has 0 unspecified atom stereocenters. The number of piperidine rings is 2. The Morgan fingerprint density at radius 1 is 1.09 bits per heavy atom. The summed E-state index contributed by atoms with van der Waals surface area (Å²) in [6.45, 7) is 8.59. The topological polar surface area (TPSA) is 107 Å². The molecule has 0 bridgehead atoms. The number of amides is 1. The van der Waals surface area contributed by atoms with E-state index in [4.69, 9.17) is 4.74 Å². The molecular weight excluding hydrogens is 562 g/mol. The molecule has 43 heavy (non-hydrogen) atoms. The molecule has 230 valence electrons. The lowest BCUT2D eigenvalue weighted by atomic mass is 9.94. The Labute approximate surface area is 258 Å². The van der Waals surface area contributed by atoms with Crippen LogP contribution in [-0.4, -0.2) is 92.8 Å². The summed E-state index contributed by atoms with van der Waals surface area (Å²) >= 11 is 1.67. The number of benzene rings is 1. The Bertz CT molecular complexity index is 1360. The number of carbonyl (C=O) groups is 1. The Balaban J connectivity index is 1.13. The van der Waals surface area contributed by atoms with E-state index in [9.17, 15) is 9.90 Å². The van der Waals surface area contributed by atoms with Gasteiger partial charge in [-0.25, -0.2) is 4.98 Å². The Hall–Kier alpha value is -3.28. The van der Waals surface area contributed by atoms with E-state index < -0.39 is 6.10 Å². The van der Waals surface area contributed by atoms with Crippen LogP contribution in [0.3, 0.4) is 0 Å². The number of fused-ring (bicyclic) bond motifs is 1. The highest BCUT2D eigenvalue weighted by atomic mass is 32.1. The highest BCUT2D eigenvalue weighted by Crippen LogP contribution is 2.27. The van der Waals surface area contributed by atoms with Gasteiger partial charge in [0.05, 0.1) is 6.10 Å². The van der Waals surface area contributed by atoms with Crippen molar-refractivity contribution < 1.29 is 14.6 Å². The van der Waals surface area contributed by atoms with Crippen molar-refractivity contribution in [3.8, 4) is 6.01 Å². The second-order valence-corrected chi connectivity index (χ2v) is 12.7. The first-order chi connectivity index (χ1) is 21.0. The highest BCUT2D eigenvalue weighted by molar-refractivity contribution is 7.13. The van der Waals surface area contributed by atoms with Crippen LogP contribution in [0.2, 0.25) is 0 Å². The summed E-state index contributed by atoms with van der Waals surface area (Å²) in [4.78, 5) is 33.9. The normalized spacial score (nSPS) is 21.6. The number of rotatable bonds is 9. The molecule has 3 aromatic rings. The van der Waals surface area contributed by atoms with E-state index in [1.807, 2.05) is 11.6 Å². The van der Waals surface area contributed by atoms with E-state index in [0.717, 1.165) is 69.8 Å². The van der Waals surface area contributed by atoms with Gasteiger partial charge in [0, 0.05) is 69.0 Å². The van der Waals surface area contributed by atoms with Crippen LogP contribution in [0.1, 0.15) is 67.6 Å². The molecule has 0 aliphatic carbocycles. The number of aliphatic hydroxyl groups excluding tert-OH is 1. The van der Waals surface area contributed by atoms with E-state index in [1.165, 1.54) is 11.1 Å². The average Bonchev–Trinajstić information content (AvgIpc) is 3.58. The largest absolute Gasteiger partial charge is 0.460 e. The summed E-state index contributed by atoms with van der Waals surface area (Å²) in [7, 11) is 0. The van der Waals surface area contributed by atoms with Crippen molar-refractivity contribution in [2.24, 2.45) is 0 Å². The lowest BCUT2D eigenvalue weighted by Crippen LogP contribution is -2.56. The second kappa shape index (κ2) is 13.6. The molecule has 0 radical (unpaired) electrons. The Kier molecular flexibility index (Phi) is 9.40. The lowest BCUT2D eigenvalue weighted by Gasteiger charge is -2.43. The maximum Gasteiger partial charge on any atom is 0.319 e. The van der Waals surface area contributed by atoms with Crippen molar-refractivity contribution in [1.82, 2.24) is 24.8 Å². The summed E-state index contributed by atoms with van der Waals surface area (Å²) in [5.41, 5.74) is 3.03. The predicted octanol–water partition coefficient (Wildman–Crippen LogP) is 4.22. The monoisotopic (exact) mass is 605 g/mol. The van der Waals surface area contributed by atoms with Gasteiger partial charge in [-0.15, -0.1) is 11.3 Å². The zero-order valence-electron chi connectivity index (χ0n) is 25.2. The van der Waals surface area contributed by atoms with Crippen molar-refractivity contribution in [3.63, 3.8) is 0 Å². The molecule has 5 heterocycles. The standard InChI is InChI=1S/C32H43N7O3S/c1-3-25(4-2)42-31-35-26(19-29(36-31)34-24-10-15-37(16-11-24)32-33-13-18-43-32)30(41)39-17-12-27(28(40)21-39)38-14-9-22-7-5-6-8-23(22)20-38/h5-8,13,18-19,24-25,27-28,40H,3-4,9-12,14-17,20-21H2,1-2H3,(H,34,35,36)/t27-,28-/m1/s1. The number of aliphatic hydroxyl groups is 1. The first-order valence-electron chi connectivity index (χ1n) is 15.8. The maximum atomic E-state index is 13.8. The van der Waals surface area contributed by atoms with Crippen LogP contribution in [0.5, 0.6) is 6.01 Å². The third-order valence-corrected chi connectivity index (χ3v) is 9.94. The quantitative estimate of drug-likeness (QED) is 0.371. The lowest BCUT2D eigenvalue weighted by molar-refractivity contribution is -0.0139. The van der Waals surface area contributed by atoms with Gasteiger partial charge in [0.1, 0.15) is 17.6 Å². The number of β-amino-alcohol motifs (C(OH)–C–C–N with tert-alkyl or cyclic N) is 1. The number of ether oxygens (including phenoxy) is 1. The molecule has 1 aromatic carbocycles. The summed E-state index contributed by atoms with van der Waals surface area (Å²) in [6, 6.07) is 10.8.